The first-order chi connectivity index (χ1) is 9.71. The van der Waals surface area contributed by atoms with Crippen molar-refractivity contribution < 1.29 is 38.0 Å². The molecule has 0 saturated heterocycles. The molecule has 21 heavy (non-hydrogen) atoms. The van der Waals surface area contributed by atoms with Gasteiger partial charge >= 0.3 is 5.97 Å². The molecule has 10 heteroatoms. The molecule has 0 aromatic heterocycles. The number of benzene rings is 1. The Morgan fingerprint density at radius 2 is 1.71 bits per heavy atom. The molecule has 8 nitrogen and oxygen atoms in total. The molecule has 1 rings (SSSR count). The molecule has 0 radical (unpaired) electrons. The van der Waals surface area contributed by atoms with Crippen LogP contribution in [0.25, 0.3) is 0 Å². The summed E-state index contributed by atoms with van der Waals surface area (Å²) in [6.07, 6.45) is 0. The molecule has 0 aliphatic heterocycles. The maximum absolute atomic E-state index is 13.6. The van der Waals surface area contributed by atoms with Gasteiger partial charge in [0.2, 0.25) is 10.0 Å². The van der Waals surface area contributed by atoms with Gasteiger partial charge in [-0.1, -0.05) is 0 Å². The molecule has 0 unspecified atom stereocenters. The zero-order chi connectivity index (χ0) is 16.3. The second-order valence-electron chi connectivity index (χ2n) is 4.31. The molecule has 0 amide bonds. The molecule has 1 aromatic carbocycles. The van der Waals surface area contributed by atoms with E-state index in [0.29, 0.717) is 12.1 Å². The van der Waals surface area contributed by atoms with Gasteiger partial charge in [0.15, 0.2) is 0 Å². The van der Waals surface area contributed by atoms with E-state index < -0.39 is 57.6 Å². The molecule has 118 valence electrons. The minimum absolute atomic E-state index is 0.459. The van der Waals surface area contributed by atoms with Crippen LogP contribution in [0, 0.1) is 5.82 Å². The summed E-state index contributed by atoms with van der Waals surface area (Å²) in [4.78, 5) is 9.82. The lowest BCUT2D eigenvalue weighted by Gasteiger charge is -2.28. The summed E-state index contributed by atoms with van der Waals surface area (Å²) in [6, 6.07) is 2.14. The monoisotopic (exact) mass is 323 g/mol. The Hall–Kier alpha value is -1.59. The Bertz CT molecular complexity index is 619. The topological polar surface area (TPSA) is 144 Å². The van der Waals surface area contributed by atoms with Gasteiger partial charge in [-0.05, 0) is 18.2 Å². The maximum atomic E-state index is 13.6. The molecule has 0 aliphatic carbocycles. The molecular weight excluding hydrogens is 309 g/mol. The lowest BCUT2D eigenvalue weighted by molar-refractivity contribution is 0.0581. The zero-order valence-corrected chi connectivity index (χ0v) is 11.5. The number of halogens is 1. The number of aromatic carboxylic acids is 1. The van der Waals surface area contributed by atoms with E-state index in [1.54, 1.807) is 4.72 Å². The Morgan fingerprint density at radius 3 is 2.14 bits per heavy atom. The van der Waals surface area contributed by atoms with E-state index >= 15 is 0 Å². The van der Waals surface area contributed by atoms with Crippen molar-refractivity contribution in [2.24, 2.45) is 0 Å². The van der Waals surface area contributed by atoms with Crippen molar-refractivity contribution in [3.05, 3.63) is 29.6 Å². The lowest BCUT2D eigenvalue weighted by atomic mass is 10.1. The van der Waals surface area contributed by atoms with Crippen LogP contribution in [0.3, 0.4) is 0 Å². The van der Waals surface area contributed by atoms with Crippen LogP contribution in [-0.2, 0) is 10.0 Å². The second kappa shape index (κ2) is 6.45. The Balaban J connectivity index is 3.31. The number of carboxylic acids is 1. The number of aliphatic hydroxyl groups is 3. The van der Waals surface area contributed by atoms with Gasteiger partial charge in [0.1, 0.15) is 16.3 Å². The van der Waals surface area contributed by atoms with Crippen molar-refractivity contribution in [3.8, 4) is 0 Å². The number of aliphatic hydroxyl groups excluding tert-OH is 3. The standard InChI is InChI=1S/C11H14FNO7S/c12-8-2-1-7(10(17)18)3-9(8)21(19,20)13-11(4-14,5-15)6-16/h1-3,13-16H,4-6H2,(H,17,18). The minimum Gasteiger partial charge on any atom is -0.478 e. The molecule has 5 N–H and O–H groups in total. The summed E-state index contributed by atoms with van der Waals surface area (Å²) < 4.78 is 39.5. The van der Waals surface area contributed by atoms with Crippen molar-refractivity contribution >= 4 is 16.0 Å². The van der Waals surface area contributed by atoms with Gasteiger partial charge in [-0.3, -0.25) is 0 Å². The van der Waals surface area contributed by atoms with Crippen LogP contribution in [0.4, 0.5) is 4.39 Å². The highest BCUT2D eigenvalue weighted by molar-refractivity contribution is 7.89. The normalized spacial score (nSPS) is 12.4. The predicted octanol–water partition coefficient (Wildman–Crippen LogP) is -1.48. The molecule has 0 aliphatic rings. The number of carboxylic acid groups (broad SMARTS) is 1. The smallest absolute Gasteiger partial charge is 0.335 e. The van der Waals surface area contributed by atoms with Crippen LogP contribution in [0.1, 0.15) is 10.4 Å². The van der Waals surface area contributed by atoms with Crippen molar-refractivity contribution in [2.45, 2.75) is 10.4 Å². The van der Waals surface area contributed by atoms with Crippen LogP contribution in [0.5, 0.6) is 0 Å². The number of carbonyl (C=O) groups is 1. The van der Waals surface area contributed by atoms with Gasteiger partial charge in [-0.15, -0.1) is 0 Å². The fraction of sp³-hybridized carbons (Fsp3) is 0.364. The highest BCUT2D eigenvalue weighted by atomic mass is 32.2. The summed E-state index contributed by atoms with van der Waals surface area (Å²) in [5.41, 5.74) is -2.45. The van der Waals surface area contributed by atoms with E-state index in [1.807, 2.05) is 0 Å². The van der Waals surface area contributed by atoms with E-state index in [-0.39, 0.29) is 0 Å². The quantitative estimate of drug-likeness (QED) is 0.411. The molecule has 0 heterocycles. The fourth-order valence-electron chi connectivity index (χ4n) is 1.43. The SMILES string of the molecule is O=C(O)c1ccc(F)c(S(=O)(=O)NC(CO)(CO)CO)c1. The second-order valence-corrected chi connectivity index (χ2v) is 5.96. The summed E-state index contributed by atoms with van der Waals surface area (Å²) in [5.74, 6) is -2.67. The first-order valence-corrected chi connectivity index (χ1v) is 7.09. The summed E-state index contributed by atoms with van der Waals surface area (Å²) >= 11 is 0. The van der Waals surface area contributed by atoms with Crippen molar-refractivity contribution in [2.75, 3.05) is 19.8 Å². The highest BCUT2D eigenvalue weighted by Gasteiger charge is 2.35. The number of hydrogen-bond acceptors (Lipinski definition) is 6. The van der Waals surface area contributed by atoms with E-state index in [2.05, 4.69) is 0 Å². The Labute approximate surface area is 119 Å². The fourth-order valence-corrected chi connectivity index (χ4v) is 2.91. The third-order valence-corrected chi connectivity index (χ3v) is 4.32. The molecule has 0 saturated carbocycles. The number of sulfonamides is 1. The molecular formula is C11H14FNO7S. The third kappa shape index (κ3) is 3.74. The number of nitrogens with one attached hydrogen (secondary N) is 1. The molecule has 0 fully saturated rings. The predicted molar refractivity (Wildman–Crippen MR) is 67.7 cm³/mol. The van der Waals surface area contributed by atoms with Crippen LogP contribution in [0.15, 0.2) is 23.1 Å². The summed E-state index contributed by atoms with van der Waals surface area (Å²) in [5, 5.41) is 36.0. The van der Waals surface area contributed by atoms with Gasteiger partial charge in [0.05, 0.1) is 25.4 Å². The molecule has 1 aromatic rings. The zero-order valence-electron chi connectivity index (χ0n) is 10.7. The Morgan fingerprint density at radius 1 is 1.19 bits per heavy atom. The van der Waals surface area contributed by atoms with Crippen LogP contribution >= 0.6 is 0 Å². The average molecular weight is 323 g/mol. The van der Waals surface area contributed by atoms with Crippen LogP contribution in [0.2, 0.25) is 0 Å². The average Bonchev–Trinajstić information content (AvgIpc) is 2.45. The molecule has 0 spiro atoms. The number of rotatable bonds is 7. The van der Waals surface area contributed by atoms with E-state index in [9.17, 15) is 17.6 Å². The van der Waals surface area contributed by atoms with E-state index in [4.69, 9.17) is 20.4 Å². The van der Waals surface area contributed by atoms with Gasteiger partial charge in [-0.2, -0.15) is 4.72 Å². The third-order valence-electron chi connectivity index (χ3n) is 2.73. The first-order valence-electron chi connectivity index (χ1n) is 5.61. The largest absolute Gasteiger partial charge is 0.478 e. The van der Waals surface area contributed by atoms with E-state index in [1.165, 1.54) is 0 Å². The molecule has 0 atom stereocenters. The Kier molecular flexibility index (Phi) is 5.36. The van der Waals surface area contributed by atoms with Gasteiger partial charge < -0.3 is 20.4 Å². The minimum atomic E-state index is -4.61. The summed E-state index contributed by atoms with van der Waals surface area (Å²) in [7, 11) is -4.61. The van der Waals surface area contributed by atoms with E-state index in [0.717, 1.165) is 6.07 Å². The maximum Gasteiger partial charge on any atom is 0.335 e. The van der Waals surface area contributed by atoms with Crippen molar-refractivity contribution in [3.63, 3.8) is 0 Å². The van der Waals surface area contributed by atoms with Crippen molar-refractivity contribution in [1.82, 2.24) is 4.72 Å². The first kappa shape index (κ1) is 17.5. The molecule has 0 bridgehead atoms. The highest BCUT2D eigenvalue weighted by Crippen LogP contribution is 2.19. The van der Waals surface area contributed by atoms with Crippen LogP contribution in [-0.4, -0.2) is 60.2 Å². The number of hydrogen-bond donors (Lipinski definition) is 5. The van der Waals surface area contributed by atoms with Crippen molar-refractivity contribution in [1.29, 1.82) is 0 Å². The van der Waals surface area contributed by atoms with Gasteiger partial charge in [0, 0.05) is 0 Å². The van der Waals surface area contributed by atoms with Gasteiger partial charge in [-0.25, -0.2) is 17.6 Å². The van der Waals surface area contributed by atoms with Crippen LogP contribution < -0.4 is 4.72 Å². The van der Waals surface area contributed by atoms with Gasteiger partial charge in [0.25, 0.3) is 0 Å². The lowest BCUT2D eigenvalue weighted by Crippen LogP contribution is -2.56. The summed E-state index contributed by atoms with van der Waals surface area (Å²) in [6.45, 7) is -2.83.